The van der Waals surface area contributed by atoms with Gasteiger partial charge in [-0.15, -0.1) is 0 Å². The van der Waals surface area contributed by atoms with E-state index in [-0.39, 0.29) is 28.2 Å². The molecule has 0 unspecified atom stereocenters. The van der Waals surface area contributed by atoms with Crippen LogP contribution in [0.25, 0.3) is 0 Å². The average Bonchev–Trinajstić information content (AvgIpc) is 3.61. The molecule has 0 saturated carbocycles. The summed E-state index contributed by atoms with van der Waals surface area (Å²) < 4.78 is 27.7. The number of aliphatic imine (C=N–C) groups is 1. The maximum atomic E-state index is 14.5. The van der Waals surface area contributed by atoms with Crippen LogP contribution in [-0.2, 0) is 34.6 Å². The highest BCUT2D eigenvalue weighted by atomic mass is 35.5. The smallest absolute Gasteiger partial charge is 0.318 e. The summed E-state index contributed by atoms with van der Waals surface area (Å²) in [5, 5.41) is 0.898. The molecule has 46 heavy (non-hydrogen) atoms. The first-order chi connectivity index (χ1) is 22.1. The number of fused-ring (bicyclic) bond motifs is 4. The van der Waals surface area contributed by atoms with Crippen LogP contribution in [0.5, 0.6) is 6.01 Å². The van der Waals surface area contributed by atoms with Crippen LogP contribution in [0.3, 0.4) is 0 Å². The molecule has 5 aliphatic rings. The lowest BCUT2D eigenvalue weighted by atomic mass is 9.87. The first-order valence-electron chi connectivity index (χ1n) is 16.1. The molecule has 2 N–H and O–H groups in total. The van der Waals surface area contributed by atoms with Crippen molar-refractivity contribution in [1.29, 1.82) is 0 Å². The van der Waals surface area contributed by atoms with E-state index in [9.17, 15) is 9.18 Å². The molecule has 1 aliphatic carbocycles. The molecule has 1 spiro atoms. The summed E-state index contributed by atoms with van der Waals surface area (Å²) in [6.07, 6.45) is 4.46. The summed E-state index contributed by atoms with van der Waals surface area (Å²) in [5.41, 5.74) is 9.77. The Labute approximate surface area is 278 Å². The highest BCUT2D eigenvalue weighted by Gasteiger charge is 2.50. The third-order valence-electron chi connectivity index (χ3n) is 10.3. The van der Waals surface area contributed by atoms with Gasteiger partial charge in [-0.3, -0.25) is 14.7 Å². The third-order valence-corrected chi connectivity index (χ3v) is 11.0. The summed E-state index contributed by atoms with van der Waals surface area (Å²) in [6.45, 7) is 3.45. The predicted octanol–water partition coefficient (Wildman–Crippen LogP) is 4.15. The van der Waals surface area contributed by atoms with E-state index in [1.807, 2.05) is 12.1 Å². The number of likely N-dealkylation sites (N-methyl/N-ethyl adjacent to an activating group) is 1. The SMILES string of the molecule is CN(C)C(=O)/C(N)=C(\Cl)C1=NCCCN(c2nc(OC[C@@]34CCCN3C[C@H](F)C4)nc3c2CO[C@@]2(CCc4c(Cl)cccc42)C3)C1. The number of halogens is 3. The van der Waals surface area contributed by atoms with Gasteiger partial charge in [0.2, 0.25) is 0 Å². The molecule has 4 aliphatic heterocycles. The second-order valence-electron chi connectivity index (χ2n) is 13.4. The van der Waals surface area contributed by atoms with Crippen LogP contribution in [-0.4, -0.2) is 96.5 Å². The zero-order valence-corrected chi connectivity index (χ0v) is 27.8. The number of nitrogens with two attached hydrogens (primary N) is 1. The van der Waals surface area contributed by atoms with Crippen LogP contribution < -0.4 is 15.4 Å². The highest BCUT2D eigenvalue weighted by Crippen LogP contribution is 2.49. The lowest BCUT2D eigenvalue weighted by Crippen LogP contribution is -2.43. The molecule has 0 bridgehead atoms. The van der Waals surface area contributed by atoms with E-state index < -0.39 is 11.8 Å². The number of hydrogen-bond acceptors (Lipinski definition) is 9. The van der Waals surface area contributed by atoms with Gasteiger partial charge in [0.25, 0.3) is 5.91 Å². The fourth-order valence-corrected chi connectivity index (χ4v) is 8.39. The molecule has 246 valence electrons. The van der Waals surface area contributed by atoms with Crippen LogP contribution in [0, 0.1) is 0 Å². The Morgan fingerprint density at radius 1 is 1.22 bits per heavy atom. The van der Waals surface area contributed by atoms with E-state index in [1.54, 1.807) is 14.1 Å². The Morgan fingerprint density at radius 2 is 2.07 bits per heavy atom. The summed E-state index contributed by atoms with van der Waals surface area (Å²) in [6, 6.07) is 6.27. The topological polar surface area (TPSA) is 109 Å². The van der Waals surface area contributed by atoms with E-state index in [2.05, 4.69) is 15.9 Å². The number of aromatic nitrogens is 2. The molecule has 3 atom stereocenters. The summed E-state index contributed by atoms with van der Waals surface area (Å²) >= 11 is 13.3. The molecule has 1 aromatic heterocycles. The number of ether oxygens (including phenoxy) is 2. The van der Waals surface area contributed by atoms with Crippen LogP contribution in [0.2, 0.25) is 5.02 Å². The lowest BCUT2D eigenvalue weighted by Gasteiger charge is -2.37. The van der Waals surface area contributed by atoms with Crippen LogP contribution in [0.1, 0.15) is 54.5 Å². The van der Waals surface area contributed by atoms with Crippen molar-refractivity contribution >= 4 is 40.6 Å². The summed E-state index contributed by atoms with van der Waals surface area (Å²) in [4.78, 5) is 33.0. The van der Waals surface area contributed by atoms with Gasteiger partial charge in [0.15, 0.2) is 0 Å². The van der Waals surface area contributed by atoms with Gasteiger partial charge >= 0.3 is 6.01 Å². The summed E-state index contributed by atoms with van der Waals surface area (Å²) in [7, 11) is 3.25. The number of anilines is 1. The second kappa shape index (κ2) is 12.2. The van der Waals surface area contributed by atoms with Gasteiger partial charge < -0.3 is 25.0 Å². The van der Waals surface area contributed by atoms with E-state index in [0.29, 0.717) is 63.8 Å². The van der Waals surface area contributed by atoms with Crippen molar-refractivity contribution in [3.63, 3.8) is 0 Å². The minimum absolute atomic E-state index is 0.0482. The number of carbonyl (C=O) groups is 1. The monoisotopic (exact) mass is 671 g/mol. The third kappa shape index (κ3) is 5.52. The molecule has 2 fully saturated rings. The van der Waals surface area contributed by atoms with Crippen LogP contribution in [0.15, 0.2) is 33.9 Å². The van der Waals surface area contributed by atoms with Gasteiger partial charge in [0.05, 0.1) is 40.7 Å². The van der Waals surface area contributed by atoms with Crippen molar-refractivity contribution in [1.82, 2.24) is 19.8 Å². The Hall–Kier alpha value is -2.99. The van der Waals surface area contributed by atoms with E-state index in [0.717, 1.165) is 66.1 Å². The number of amides is 1. The molecule has 2 saturated heterocycles. The van der Waals surface area contributed by atoms with Crippen molar-refractivity contribution < 1.29 is 18.7 Å². The standard InChI is InChI=1S/C33H40Cl2FN7O3/c1-41(2)30(44)28(37)27(35)26-17-42(12-5-11-38-26)29-22-18-46-33(10-8-21-23(33)6-3-7-24(21)34)15-25(22)39-31(40-29)45-19-32-9-4-13-43(32)16-20(36)14-32/h3,6-7,20H,4-5,8-19,37H2,1-2H3/b28-27+/t20-,32+,33+/m1/s1. The molecule has 2 aromatic rings. The molecule has 7 rings (SSSR count). The maximum absolute atomic E-state index is 14.5. The van der Waals surface area contributed by atoms with Gasteiger partial charge in [0.1, 0.15) is 24.3 Å². The number of benzene rings is 1. The van der Waals surface area contributed by atoms with Gasteiger partial charge in [-0.05, 0) is 55.8 Å². The first kappa shape index (κ1) is 31.6. The Morgan fingerprint density at radius 3 is 2.89 bits per heavy atom. The van der Waals surface area contributed by atoms with Crippen LogP contribution in [0.4, 0.5) is 10.2 Å². The maximum Gasteiger partial charge on any atom is 0.318 e. The molecule has 1 aromatic carbocycles. The Kier molecular flexibility index (Phi) is 8.40. The fraction of sp³-hybridized carbons (Fsp3) is 0.576. The van der Waals surface area contributed by atoms with Crippen molar-refractivity contribution in [3.8, 4) is 6.01 Å². The molecule has 5 heterocycles. The number of alkyl halides is 1. The van der Waals surface area contributed by atoms with Crippen molar-refractivity contribution in [2.45, 2.75) is 68.9 Å². The summed E-state index contributed by atoms with van der Waals surface area (Å²) in [5.74, 6) is 0.309. The number of rotatable bonds is 6. The minimum atomic E-state index is -0.852. The van der Waals surface area contributed by atoms with E-state index in [4.69, 9.17) is 53.4 Å². The lowest BCUT2D eigenvalue weighted by molar-refractivity contribution is -0.124. The molecule has 1 amide bonds. The zero-order valence-electron chi connectivity index (χ0n) is 26.3. The molecule has 10 nitrogen and oxygen atoms in total. The van der Waals surface area contributed by atoms with Gasteiger partial charge in [-0.1, -0.05) is 35.3 Å². The van der Waals surface area contributed by atoms with Crippen molar-refractivity contribution in [2.24, 2.45) is 10.7 Å². The number of hydrogen-bond donors (Lipinski definition) is 1. The first-order valence-corrected chi connectivity index (χ1v) is 16.8. The fourth-order valence-electron chi connectivity index (χ4n) is 7.92. The van der Waals surface area contributed by atoms with Crippen LogP contribution >= 0.6 is 23.2 Å². The molecule has 0 radical (unpaired) electrons. The zero-order chi connectivity index (χ0) is 32.2. The Balaban J connectivity index is 1.25. The normalized spacial score (nSPS) is 27.9. The van der Waals surface area contributed by atoms with E-state index >= 15 is 0 Å². The molecule has 13 heteroatoms. The van der Waals surface area contributed by atoms with E-state index in [1.165, 1.54) is 4.90 Å². The molecular weight excluding hydrogens is 632 g/mol. The number of nitrogens with zero attached hydrogens (tertiary/aromatic N) is 6. The average molecular weight is 673 g/mol. The molecular formula is C33H40Cl2FN7O3. The largest absolute Gasteiger partial charge is 0.461 e. The van der Waals surface area contributed by atoms with Gasteiger partial charge in [-0.25, -0.2) is 4.39 Å². The predicted molar refractivity (Wildman–Crippen MR) is 175 cm³/mol. The van der Waals surface area contributed by atoms with Gasteiger partial charge in [0, 0.05) is 57.2 Å². The second-order valence-corrected chi connectivity index (χ2v) is 14.2. The Bertz CT molecular complexity index is 1620. The number of carbonyl (C=O) groups excluding carboxylic acids is 1. The van der Waals surface area contributed by atoms with Gasteiger partial charge in [-0.2, -0.15) is 9.97 Å². The minimum Gasteiger partial charge on any atom is -0.461 e. The quantitative estimate of drug-likeness (QED) is 0.457. The van der Waals surface area contributed by atoms with Crippen molar-refractivity contribution in [2.75, 3.05) is 58.3 Å². The highest BCUT2D eigenvalue weighted by molar-refractivity contribution is 6.45. The van der Waals surface area contributed by atoms with Crippen molar-refractivity contribution in [3.05, 3.63) is 56.3 Å².